The number of rotatable bonds is 4. The van der Waals surface area contributed by atoms with Gasteiger partial charge < -0.3 is 13.3 Å². The van der Waals surface area contributed by atoms with E-state index in [0.29, 0.717) is 23.9 Å². The molecule has 272 valence electrons. The van der Waals surface area contributed by atoms with E-state index >= 15 is 0 Å². The molecule has 10 aromatic rings. The normalized spacial score (nSPS) is 17.8. The maximum absolute atomic E-state index is 6.85. The average molecular weight is 738 g/mol. The first-order chi connectivity index (χ1) is 28.0. The third kappa shape index (κ3) is 4.80. The van der Waals surface area contributed by atoms with Crippen LogP contribution in [-0.4, -0.2) is 15.0 Å². The lowest BCUT2D eigenvalue weighted by atomic mass is 9.70. The van der Waals surface area contributed by atoms with E-state index < -0.39 is 5.41 Å². The van der Waals surface area contributed by atoms with Crippen LogP contribution in [0.15, 0.2) is 147 Å². The largest absolute Gasteiger partial charge is 0.457 e. The quantitative estimate of drug-likeness (QED) is 0.179. The van der Waals surface area contributed by atoms with E-state index in [1.54, 1.807) is 0 Å². The molecule has 6 aromatic carbocycles. The smallest absolute Gasteiger partial charge is 0.167 e. The van der Waals surface area contributed by atoms with Crippen molar-refractivity contribution >= 4 is 72.4 Å². The summed E-state index contributed by atoms with van der Waals surface area (Å²) in [5.41, 5.74) is 9.35. The Balaban J connectivity index is 1.06. The molecule has 0 amide bonds. The van der Waals surface area contributed by atoms with E-state index in [-0.39, 0.29) is 5.92 Å². The summed E-state index contributed by atoms with van der Waals surface area (Å²) in [5.74, 6) is 3.84. The van der Waals surface area contributed by atoms with Gasteiger partial charge in [-0.05, 0) is 90.1 Å². The molecule has 4 heterocycles. The van der Waals surface area contributed by atoms with Crippen molar-refractivity contribution in [3.63, 3.8) is 0 Å². The molecule has 0 bridgehead atoms. The lowest BCUT2D eigenvalue weighted by molar-refractivity contribution is 0.494. The highest BCUT2D eigenvalue weighted by Gasteiger charge is 2.43. The van der Waals surface area contributed by atoms with Gasteiger partial charge in [0.25, 0.3) is 0 Å². The predicted octanol–water partition coefficient (Wildman–Crippen LogP) is 13.5. The number of furan rings is 3. The third-order valence-corrected chi connectivity index (χ3v) is 12.2. The van der Waals surface area contributed by atoms with Gasteiger partial charge in [0, 0.05) is 38.2 Å². The first kappa shape index (κ1) is 32.2. The average Bonchev–Trinajstić information content (AvgIpc) is 3.95. The Morgan fingerprint density at radius 3 is 2.23 bits per heavy atom. The Kier molecular flexibility index (Phi) is 6.77. The molecule has 0 N–H and O–H groups in total. The second-order valence-electron chi connectivity index (χ2n) is 15.8. The molecule has 4 aromatic heterocycles. The van der Waals surface area contributed by atoms with Crippen molar-refractivity contribution in [2.24, 2.45) is 0 Å². The van der Waals surface area contributed by atoms with Gasteiger partial charge in [0.1, 0.15) is 39.7 Å². The van der Waals surface area contributed by atoms with Crippen LogP contribution in [0.25, 0.3) is 95.2 Å². The van der Waals surface area contributed by atoms with Gasteiger partial charge in [0.15, 0.2) is 11.6 Å². The summed E-state index contributed by atoms with van der Waals surface area (Å²) in [6, 6.07) is 43.8. The van der Waals surface area contributed by atoms with Gasteiger partial charge in [-0.15, -0.1) is 0 Å². The lowest BCUT2D eigenvalue weighted by Crippen LogP contribution is -2.30. The van der Waals surface area contributed by atoms with Gasteiger partial charge in [-0.3, -0.25) is 0 Å². The molecule has 0 saturated heterocycles. The van der Waals surface area contributed by atoms with E-state index in [0.717, 1.165) is 83.9 Å². The minimum atomic E-state index is -0.605. The van der Waals surface area contributed by atoms with E-state index in [1.807, 2.05) is 30.3 Å². The van der Waals surface area contributed by atoms with Gasteiger partial charge in [-0.1, -0.05) is 110 Å². The highest BCUT2D eigenvalue weighted by molar-refractivity contribution is 6.12. The first-order valence-corrected chi connectivity index (χ1v) is 19.6. The van der Waals surface area contributed by atoms with Gasteiger partial charge in [0.05, 0.1) is 11.0 Å². The molecule has 0 fully saturated rings. The van der Waals surface area contributed by atoms with Gasteiger partial charge in [-0.2, -0.15) is 0 Å². The van der Waals surface area contributed by atoms with Crippen molar-refractivity contribution in [3.8, 4) is 22.8 Å². The maximum Gasteiger partial charge on any atom is 0.167 e. The van der Waals surface area contributed by atoms with Crippen LogP contribution >= 0.6 is 0 Å². The van der Waals surface area contributed by atoms with Crippen molar-refractivity contribution in [1.29, 1.82) is 0 Å². The summed E-state index contributed by atoms with van der Waals surface area (Å²) < 4.78 is 19.7. The molecule has 6 heteroatoms. The zero-order valence-electron chi connectivity index (χ0n) is 31.4. The van der Waals surface area contributed by atoms with Gasteiger partial charge in [-0.25, -0.2) is 15.0 Å². The Labute approximate surface area is 327 Å². The molecule has 2 aliphatic carbocycles. The summed E-state index contributed by atoms with van der Waals surface area (Å²) in [7, 11) is 0. The summed E-state index contributed by atoms with van der Waals surface area (Å²) >= 11 is 0. The third-order valence-electron chi connectivity index (χ3n) is 12.2. The van der Waals surface area contributed by atoms with E-state index in [1.165, 1.54) is 22.1 Å². The van der Waals surface area contributed by atoms with Crippen molar-refractivity contribution in [2.75, 3.05) is 0 Å². The van der Waals surface area contributed by atoms with Crippen molar-refractivity contribution < 1.29 is 13.3 Å². The number of allylic oxidation sites excluding steroid dienone is 2. The number of benzene rings is 6. The number of fused-ring (bicyclic) bond motifs is 10. The fourth-order valence-corrected chi connectivity index (χ4v) is 9.47. The van der Waals surface area contributed by atoms with Crippen LogP contribution in [0, 0.1) is 0 Å². The molecule has 57 heavy (non-hydrogen) atoms. The highest BCUT2D eigenvalue weighted by Crippen LogP contribution is 2.52. The molecule has 2 aliphatic rings. The minimum absolute atomic E-state index is 0.178. The standard InChI is InChI=1S/C51H35N3O3/c1-29-26-33(34-16-10-21-41-45(34)37-15-6-8-20-40(37)55-41)28-43-44(29)46-42(56-43)22-11-25-51(46,2)50-53-48(32-24-23-30-12-3-4-13-31(30)27-32)52-49(54-50)38-18-9-17-36-35-14-5-7-19-39(35)57-47(36)38/h3-24,27-29H,25-26H2,1-2H3. The van der Waals surface area contributed by atoms with Crippen LogP contribution in [0.3, 0.4) is 0 Å². The molecule has 0 aliphatic heterocycles. The number of aromatic nitrogens is 3. The Morgan fingerprint density at radius 1 is 0.614 bits per heavy atom. The van der Waals surface area contributed by atoms with Crippen LogP contribution in [0.4, 0.5) is 0 Å². The fraction of sp³-hybridized carbons (Fsp3) is 0.118. The SMILES string of the molecule is CC1CC(c2cccc3oc4ccccc4c23)=Cc2oc3c(c21)C(C)(c1nc(-c2ccc4ccccc4c2)nc(-c2cccc4c2oc2ccccc24)n1)CC=C3. The van der Waals surface area contributed by atoms with Crippen LogP contribution in [0.1, 0.15) is 66.6 Å². The zero-order valence-corrected chi connectivity index (χ0v) is 31.4. The molecular weight excluding hydrogens is 703 g/mol. The minimum Gasteiger partial charge on any atom is -0.457 e. The number of hydrogen-bond donors (Lipinski definition) is 0. The summed E-state index contributed by atoms with van der Waals surface area (Å²) in [6.07, 6.45) is 8.15. The van der Waals surface area contributed by atoms with E-state index in [9.17, 15) is 0 Å². The monoisotopic (exact) mass is 737 g/mol. The molecule has 6 nitrogen and oxygen atoms in total. The summed E-state index contributed by atoms with van der Waals surface area (Å²) in [4.78, 5) is 16.0. The number of nitrogens with zero attached hydrogens (tertiary/aromatic N) is 3. The molecule has 0 saturated carbocycles. The zero-order chi connectivity index (χ0) is 37.8. The Bertz CT molecular complexity index is 3360. The Hall–Kier alpha value is -7.05. The summed E-state index contributed by atoms with van der Waals surface area (Å²) in [6.45, 7) is 4.58. The van der Waals surface area contributed by atoms with Gasteiger partial charge >= 0.3 is 0 Å². The highest BCUT2D eigenvalue weighted by atomic mass is 16.3. The number of hydrogen-bond acceptors (Lipinski definition) is 6. The van der Waals surface area contributed by atoms with Crippen molar-refractivity contribution in [1.82, 2.24) is 15.0 Å². The topological polar surface area (TPSA) is 78.1 Å². The lowest BCUT2D eigenvalue weighted by Gasteiger charge is -2.32. The van der Waals surface area contributed by atoms with Crippen molar-refractivity contribution in [3.05, 3.63) is 168 Å². The molecule has 0 spiro atoms. The van der Waals surface area contributed by atoms with Crippen LogP contribution in [-0.2, 0) is 5.41 Å². The number of para-hydroxylation sites is 3. The van der Waals surface area contributed by atoms with Crippen LogP contribution in [0.5, 0.6) is 0 Å². The second-order valence-corrected chi connectivity index (χ2v) is 15.8. The fourth-order valence-electron chi connectivity index (χ4n) is 9.47. The first-order valence-electron chi connectivity index (χ1n) is 19.6. The molecule has 2 unspecified atom stereocenters. The van der Waals surface area contributed by atoms with E-state index in [4.69, 9.17) is 28.2 Å². The van der Waals surface area contributed by atoms with Crippen LogP contribution in [0.2, 0.25) is 0 Å². The molecule has 0 radical (unpaired) electrons. The molecule has 2 atom stereocenters. The van der Waals surface area contributed by atoms with E-state index in [2.05, 4.69) is 129 Å². The Morgan fingerprint density at radius 2 is 1.33 bits per heavy atom. The second kappa shape index (κ2) is 12.0. The predicted molar refractivity (Wildman–Crippen MR) is 229 cm³/mol. The van der Waals surface area contributed by atoms with Gasteiger partial charge in [0.2, 0.25) is 0 Å². The molecule has 12 rings (SSSR count). The maximum atomic E-state index is 6.85. The van der Waals surface area contributed by atoms with Crippen molar-refractivity contribution in [2.45, 2.75) is 38.0 Å². The summed E-state index contributed by atoms with van der Waals surface area (Å²) in [5, 5.41) is 6.67. The molecular formula is C51H35N3O3. The van der Waals surface area contributed by atoms with Crippen LogP contribution < -0.4 is 0 Å².